The molecule has 1 aromatic heterocycles. The van der Waals surface area contributed by atoms with Crippen molar-refractivity contribution in [2.45, 2.75) is 57.1 Å². The summed E-state index contributed by atoms with van der Waals surface area (Å²) < 4.78 is 0. The van der Waals surface area contributed by atoms with Gasteiger partial charge in [0.2, 0.25) is 5.91 Å². The van der Waals surface area contributed by atoms with E-state index in [2.05, 4.69) is 39.6 Å². The van der Waals surface area contributed by atoms with Crippen LogP contribution in [0, 0.1) is 13.8 Å². The molecule has 0 fully saturated rings. The van der Waals surface area contributed by atoms with Gasteiger partial charge in [-0.15, -0.1) is 0 Å². The molecule has 2 aromatic rings. The van der Waals surface area contributed by atoms with Crippen LogP contribution in [0.4, 0.5) is 0 Å². The Hall–Kier alpha value is -1.88. The average Bonchev–Trinajstić information content (AvgIpc) is 2.61. The van der Waals surface area contributed by atoms with Crippen LogP contribution < -0.4 is 5.32 Å². The maximum atomic E-state index is 12.5. The largest absolute Gasteiger partial charge is 0.349 e. The Morgan fingerprint density at radius 1 is 1.24 bits per heavy atom. The molecule has 0 saturated carbocycles. The van der Waals surface area contributed by atoms with Gasteiger partial charge in [0, 0.05) is 17.8 Å². The number of nitrogens with one attached hydrogen (secondary N) is 1. The number of benzene rings is 1. The highest BCUT2D eigenvalue weighted by Gasteiger charge is 2.21. The van der Waals surface area contributed by atoms with Gasteiger partial charge in [-0.25, -0.2) is 9.97 Å². The van der Waals surface area contributed by atoms with E-state index >= 15 is 0 Å². The number of amides is 1. The second kappa shape index (κ2) is 8.00. The number of thioether (sulfide) groups is 1. The van der Waals surface area contributed by atoms with Crippen molar-refractivity contribution in [3.05, 3.63) is 52.3 Å². The molecule has 4 nitrogen and oxygen atoms in total. The summed E-state index contributed by atoms with van der Waals surface area (Å²) >= 11 is 1.55. The number of hydrogen-bond acceptors (Lipinski definition) is 4. The van der Waals surface area contributed by atoms with Crippen LogP contribution in [0.3, 0.4) is 0 Å². The molecular formula is C20H25N3OS. The Morgan fingerprint density at radius 2 is 1.96 bits per heavy atom. The number of rotatable bonds is 5. The normalized spacial score (nSPS) is 16.4. The van der Waals surface area contributed by atoms with Gasteiger partial charge in [0.25, 0.3) is 0 Å². The third-order valence-electron chi connectivity index (χ3n) is 4.89. The maximum absolute atomic E-state index is 12.5. The molecule has 3 rings (SSSR count). The van der Waals surface area contributed by atoms with Gasteiger partial charge in [-0.3, -0.25) is 4.79 Å². The molecule has 0 saturated heterocycles. The minimum Gasteiger partial charge on any atom is -0.349 e. The minimum atomic E-state index is 0.106. The lowest BCUT2D eigenvalue weighted by atomic mass is 9.87. The first kappa shape index (κ1) is 17.9. The Kier molecular flexibility index (Phi) is 5.74. The number of nitrogens with zero attached hydrogens (tertiary/aromatic N) is 2. The molecular weight excluding hydrogens is 330 g/mol. The van der Waals surface area contributed by atoms with E-state index in [9.17, 15) is 4.79 Å². The number of fused-ring (bicyclic) bond motifs is 1. The topological polar surface area (TPSA) is 54.9 Å². The highest BCUT2D eigenvalue weighted by atomic mass is 32.2. The fourth-order valence-electron chi connectivity index (χ4n) is 3.57. The first-order valence-corrected chi connectivity index (χ1v) is 10.1. The molecule has 1 unspecified atom stereocenters. The third kappa shape index (κ3) is 4.21. The SMILES string of the molecule is CSc1nc(C)c(CCC(=O)NC2CCCc3ccccc32)c(C)n1. The zero-order valence-electron chi connectivity index (χ0n) is 15.1. The summed E-state index contributed by atoms with van der Waals surface area (Å²) in [6.07, 6.45) is 6.40. The van der Waals surface area contributed by atoms with Gasteiger partial charge in [-0.1, -0.05) is 36.0 Å². The predicted molar refractivity (Wildman–Crippen MR) is 102 cm³/mol. The van der Waals surface area contributed by atoms with Crippen molar-refractivity contribution < 1.29 is 4.79 Å². The number of carbonyl (C=O) groups is 1. The quantitative estimate of drug-likeness (QED) is 0.652. The van der Waals surface area contributed by atoms with E-state index in [0.717, 1.165) is 41.4 Å². The third-order valence-corrected chi connectivity index (χ3v) is 5.44. The number of aromatic nitrogens is 2. The van der Waals surface area contributed by atoms with Crippen molar-refractivity contribution in [3.8, 4) is 0 Å². The summed E-state index contributed by atoms with van der Waals surface area (Å²) in [5.41, 5.74) is 5.70. The molecule has 1 heterocycles. The highest BCUT2D eigenvalue weighted by molar-refractivity contribution is 7.98. The Labute approximate surface area is 153 Å². The van der Waals surface area contributed by atoms with Gasteiger partial charge < -0.3 is 5.32 Å². The molecule has 1 aliphatic carbocycles. The van der Waals surface area contributed by atoms with Crippen LogP contribution in [0.1, 0.15) is 53.4 Å². The van der Waals surface area contributed by atoms with Gasteiger partial charge >= 0.3 is 0 Å². The second-order valence-corrected chi connectivity index (χ2v) is 7.34. The second-order valence-electron chi connectivity index (χ2n) is 6.57. The Morgan fingerprint density at radius 3 is 2.68 bits per heavy atom. The molecule has 132 valence electrons. The van der Waals surface area contributed by atoms with Gasteiger partial charge in [0.05, 0.1) is 6.04 Å². The van der Waals surface area contributed by atoms with Crippen LogP contribution in [0.5, 0.6) is 0 Å². The first-order chi connectivity index (χ1) is 12.1. The fraction of sp³-hybridized carbons (Fsp3) is 0.450. The molecule has 0 aliphatic heterocycles. The van der Waals surface area contributed by atoms with E-state index < -0.39 is 0 Å². The summed E-state index contributed by atoms with van der Waals surface area (Å²) in [7, 11) is 0. The highest BCUT2D eigenvalue weighted by Crippen LogP contribution is 2.29. The summed E-state index contributed by atoms with van der Waals surface area (Å²) in [5.74, 6) is 0.106. The van der Waals surface area contributed by atoms with E-state index in [1.54, 1.807) is 11.8 Å². The van der Waals surface area contributed by atoms with Crippen molar-refractivity contribution in [2.24, 2.45) is 0 Å². The molecule has 0 bridgehead atoms. The lowest BCUT2D eigenvalue weighted by Crippen LogP contribution is -2.31. The van der Waals surface area contributed by atoms with Crippen molar-refractivity contribution in [3.63, 3.8) is 0 Å². The smallest absolute Gasteiger partial charge is 0.220 e. The van der Waals surface area contributed by atoms with Gasteiger partial charge in [-0.05, 0) is 62.5 Å². The molecule has 25 heavy (non-hydrogen) atoms. The van der Waals surface area contributed by atoms with E-state index in [4.69, 9.17) is 0 Å². The molecule has 1 aromatic carbocycles. The van der Waals surface area contributed by atoms with E-state index in [0.29, 0.717) is 12.8 Å². The van der Waals surface area contributed by atoms with E-state index in [1.165, 1.54) is 11.1 Å². The maximum Gasteiger partial charge on any atom is 0.220 e. The average molecular weight is 356 g/mol. The number of carbonyl (C=O) groups excluding carboxylic acids is 1. The zero-order valence-corrected chi connectivity index (χ0v) is 15.9. The Balaban J connectivity index is 1.63. The monoisotopic (exact) mass is 355 g/mol. The van der Waals surface area contributed by atoms with Crippen molar-refractivity contribution in [2.75, 3.05) is 6.26 Å². The van der Waals surface area contributed by atoms with Gasteiger partial charge in [-0.2, -0.15) is 0 Å². The summed E-state index contributed by atoms with van der Waals surface area (Å²) in [4.78, 5) is 21.5. The van der Waals surface area contributed by atoms with E-state index in [-0.39, 0.29) is 11.9 Å². The lowest BCUT2D eigenvalue weighted by Gasteiger charge is -2.26. The van der Waals surface area contributed by atoms with E-state index in [1.807, 2.05) is 20.1 Å². The van der Waals surface area contributed by atoms with Crippen LogP contribution in [-0.4, -0.2) is 22.1 Å². The Bertz CT molecular complexity index is 752. The van der Waals surface area contributed by atoms with Gasteiger partial charge in [0.15, 0.2) is 5.16 Å². The van der Waals surface area contributed by atoms with Crippen LogP contribution in [-0.2, 0) is 17.6 Å². The van der Waals surface area contributed by atoms with Crippen molar-refractivity contribution in [1.82, 2.24) is 15.3 Å². The molecule has 1 N–H and O–H groups in total. The van der Waals surface area contributed by atoms with Gasteiger partial charge in [0.1, 0.15) is 0 Å². The zero-order chi connectivity index (χ0) is 17.8. The minimum absolute atomic E-state index is 0.106. The van der Waals surface area contributed by atoms with Crippen LogP contribution in [0.15, 0.2) is 29.4 Å². The summed E-state index contributed by atoms with van der Waals surface area (Å²) in [5, 5.41) is 4.02. The number of hydrogen-bond donors (Lipinski definition) is 1. The first-order valence-electron chi connectivity index (χ1n) is 8.83. The lowest BCUT2D eigenvalue weighted by molar-refractivity contribution is -0.121. The molecule has 1 atom stereocenters. The molecule has 0 radical (unpaired) electrons. The summed E-state index contributed by atoms with van der Waals surface area (Å²) in [6.45, 7) is 4.00. The van der Waals surface area contributed by atoms with Crippen molar-refractivity contribution in [1.29, 1.82) is 0 Å². The van der Waals surface area contributed by atoms with Crippen LogP contribution >= 0.6 is 11.8 Å². The van der Waals surface area contributed by atoms with Crippen LogP contribution in [0.2, 0.25) is 0 Å². The predicted octanol–water partition coefficient (Wildman–Crippen LogP) is 3.94. The fourth-order valence-corrected chi connectivity index (χ4v) is 4.03. The molecule has 0 spiro atoms. The number of aryl methyl sites for hydroxylation is 3. The summed E-state index contributed by atoms with van der Waals surface area (Å²) in [6, 6.07) is 8.59. The molecule has 1 aliphatic rings. The molecule has 1 amide bonds. The van der Waals surface area contributed by atoms with Crippen molar-refractivity contribution >= 4 is 17.7 Å². The molecule has 5 heteroatoms. The van der Waals surface area contributed by atoms with Crippen LogP contribution in [0.25, 0.3) is 0 Å². The standard InChI is InChI=1S/C20H25N3OS/c1-13-16(14(2)22-20(21-13)25-3)11-12-19(24)23-18-10-6-8-15-7-4-5-9-17(15)18/h4-5,7,9,18H,6,8,10-12H2,1-3H3,(H,23,24).